The Labute approximate surface area is 80.9 Å². The molecule has 2 nitrogen and oxygen atoms in total. The average Bonchev–Trinajstić information content (AvgIpc) is 2.11. The van der Waals surface area contributed by atoms with Crippen molar-refractivity contribution in [2.75, 3.05) is 6.61 Å². The molecular formula is C9H10ClFO2. The standard InChI is InChI=1S/C9H10ClFO2/c1-2-13-8-4-3-7(11)6(5-12)9(8)10/h3-4,12H,2,5H2,1H3. The lowest BCUT2D eigenvalue weighted by Crippen LogP contribution is -1.97. The van der Waals surface area contributed by atoms with Gasteiger partial charge in [0.2, 0.25) is 0 Å². The van der Waals surface area contributed by atoms with Crippen LogP contribution in [0.1, 0.15) is 12.5 Å². The molecule has 0 aliphatic heterocycles. The lowest BCUT2D eigenvalue weighted by molar-refractivity contribution is 0.274. The fourth-order valence-electron chi connectivity index (χ4n) is 0.988. The molecule has 1 rings (SSSR count). The highest BCUT2D eigenvalue weighted by Gasteiger charge is 2.11. The minimum absolute atomic E-state index is 0.0765. The summed E-state index contributed by atoms with van der Waals surface area (Å²) < 4.78 is 18.1. The molecule has 1 N–H and O–H groups in total. The largest absolute Gasteiger partial charge is 0.492 e. The second-order valence-corrected chi connectivity index (χ2v) is 2.81. The van der Waals surface area contributed by atoms with Gasteiger partial charge in [0.15, 0.2) is 0 Å². The third kappa shape index (κ3) is 2.11. The summed E-state index contributed by atoms with van der Waals surface area (Å²) in [6.07, 6.45) is 0. The highest BCUT2D eigenvalue weighted by Crippen LogP contribution is 2.30. The quantitative estimate of drug-likeness (QED) is 0.819. The zero-order valence-corrected chi connectivity index (χ0v) is 7.94. The van der Waals surface area contributed by atoms with Crippen LogP contribution in [0.4, 0.5) is 4.39 Å². The van der Waals surface area contributed by atoms with Crippen LogP contribution >= 0.6 is 11.6 Å². The molecule has 0 bridgehead atoms. The maximum absolute atomic E-state index is 13.0. The monoisotopic (exact) mass is 204 g/mol. The number of benzene rings is 1. The number of rotatable bonds is 3. The highest BCUT2D eigenvalue weighted by molar-refractivity contribution is 6.32. The summed E-state index contributed by atoms with van der Waals surface area (Å²) >= 11 is 5.77. The van der Waals surface area contributed by atoms with E-state index in [1.807, 2.05) is 0 Å². The molecule has 0 fully saturated rings. The molecule has 0 saturated heterocycles. The molecule has 13 heavy (non-hydrogen) atoms. The van der Waals surface area contributed by atoms with Crippen LogP contribution in [0.2, 0.25) is 5.02 Å². The van der Waals surface area contributed by atoms with Crippen LogP contribution < -0.4 is 4.74 Å². The molecule has 72 valence electrons. The second kappa shape index (κ2) is 4.44. The van der Waals surface area contributed by atoms with Crippen molar-refractivity contribution in [2.24, 2.45) is 0 Å². The molecule has 0 heterocycles. The molecule has 0 aliphatic carbocycles. The Morgan fingerprint density at radius 1 is 1.54 bits per heavy atom. The fourth-order valence-corrected chi connectivity index (χ4v) is 1.26. The zero-order chi connectivity index (χ0) is 9.84. The lowest BCUT2D eigenvalue weighted by atomic mass is 10.2. The van der Waals surface area contributed by atoms with E-state index in [4.69, 9.17) is 21.4 Å². The molecular weight excluding hydrogens is 195 g/mol. The van der Waals surface area contributed by atoms with Gasteiger partial charge in [-0.25, -0.2) is 4.39 Å². The molecule has 0 radical (unpaired) electrons. The Morgan fingerprint density at radius 3 is 2.77 bits per heavy atom. The SMILES string of the molecule is CCOc1ccc(F)c(CO)c1Cl. The van der Waals surface area contributed by atoms with E-state index in [0.717, 1.165) is 0 Å². The van der Waals surface area contributed by atoms with Gasteiger partial charge in [-0.1, -0.05) is 11.6 Å². The van der Waals surface area contributed by atoms with Crippen LogP contribution in [0.5, 0.6) is 5.75 Å². The molecule has 0 saturated carbocycles. The van der Waals surface area contributed by atoms with Crippen LogP contribution in [0.25, 0.3) is 0 Å². The topological polar surface area (TPSA) is 29.5 Å². The van der Waals surface area contributed by atoms with Crippen molar-refractivity contribution in [3.63, 3.8) is 0 Å². The predicted octanol–water partition coefficient (Wildman–Crippen LogP) is 2.37. The summed E-state index contributed by atoms with van der Waals surface area (Å²) in [6, 6.07) is 2.67. The summed E-state index contributed by atoms with van der Waals surface area (Å²) in [6.45, 7) is 1.83. The van der Waals surface area contributed by atoms with Gasteiger partial charge in [0.05, 0.1) is 18.2 Å². The third-order valence-corrected chi connectivity index (χ3v) is 2.02. The van der Waals surface area contributed by atoms with Crippen molar-refractivity contribution in [1.29, 1.82) is 0 Å². The number of aliphatic hydroxyl groups excluding tert-OH is 1. The predicted molar refractivity (Wildman–Crippen MR) is 48.5 cm³/mol. The van der Waals surface area contributed by atoms with Crippen LogP contribution in [0, 0.1) is 5.82 Å². The molecule has 4 heteroatoms. The van der Waals surface area contributed by atoms with Gasteiger partial charge in [0.25, 0.3) is 0 Å². The number of halogens is 2. The normalized spacial score (nSPS) is 10.2. The number of hydrogen-bond donors (Lipinski definition) is 1. The van der Waals surface area contributed by atoms with E-state index in [9.17, 15) is 4.39 Å². The number of aliphatic hydroxyl groups is 1. The van der Waals surface area contributed by atoms with Gasteiger partial charge < -0.3 is 9.84 Å². The van der Waals surface area contributed by atoms with Crippen molar-refractivity contribution >= 4 is 11.6 Å². The molecule has 0 aromatic heterocycles. The Balaban J connectivity index is 3.11. The number of ether oxygens (including phenoxy) is 1. The first-order valence-electron chi connectivity index (χ1n) is 3.91. The van der Waals surface area contributed by atoms with E-state index in [1.54, 1.807) is 6.92 Å². The molecule has 0 amide bonds. The van der Waals surface area contributed by atoms with Gasteiger partial charge in [-0.05, 0) is 19.1 Å². The maximum Gasteiger partial charge on any atom is 0.138 e. The van der Waals surface area contributed by atoms with E-state index >= 15 is 0 Å². The summed E-state index contributed by atoms with van der Waals surface area (Å²) in [7, 11) is 0. The van der Waals surface area contributed by atoms with Crippen LogP contribution in [-0.4, -0.2) is 11.7 Å². The smallest absolute Gasteiger partial charge is 0.138 e. The molecule has 1 aromatic rings. The van der Waals surface area contributed by atoms with Gasteiger partial charge in [-0.15, -0.1) is 0 Å². The van der Waals surface area contributed by atoms with Crippen molar-refractivity contribution in [3.05, 3.63) is 28.5 Å². The van der Waals surface area contributed by atoms with Gasteiger partial charge in [-0.2, -0.15) is 0 Å². The molecule has 0 aliphatic rings. The van der Waals surface area contributed by atoms with Gasteiger partial charge in [0.1, 0.15) is 11.6 Å². The van der Waals surface area contributed by atoms with Crippen molar-refractivity contribution < 1.29 is 14.2 Å². The zero-order valence-electron chi connectivity index (χ0n) is 7.18. The van der Waals surface area contributed by atoms with E-state index < -0.39 is 12.4 Å². The first-order chi connectivity index (χ1) is 6.20. The summed E-state index contributed by atoms with van der Waals surface area (Å²) in [4.78, 5) is 0. The fraction of sp³-hybridized carbons (Fsp3) is 0.333. The van der Waals surface area contributed by atoms with E-state index in [1.165, 1.54) is 12.1 Å². The molecule has 0 spiro atoms. The Hall–Kier alpha value is -0.800. The summed E-state index contributed by atoms with van der Waals surface area (Å²) in [5.74, 6) is -0.120. The number of hydrogen-bond acceptors (Lipinski definition) is 2. The van der Waals surface area contributed by atoms with Crippen LogP contribution in [0.3, 0.4) is 0 Å². The van der Waals surface area contributed by atoms with E-state index in [0.29, 0.717) is 12.4 Å². The minimum atomic E-state index is -0.518. The average molecular weight is 205 g/mol. The Bertz CT molecular complexity index is 302. The second-order valence-electron chi connectivity index (χ2n) is 2.43. The van der Waals surface area contributed by atoms with Gasteiger partial charge in [0, 0.05) is 5.56 Å². The molecule has 1 aromatic carbocycles. The van der Waals surface area contributed by atoms with Crippen molar-refractivity contribution in [2.45, 2.75) is 13.5 Å². The van der Waals surface area contributed by atoms with Gasteiger partial charge in [-0.3, -0.25) is 0 Å². The Morgan fingerprint density at radius 2 is 2.23 bits per heavy atom. The van der Waals surface area contributed by atoms with Crippen molar-refractivity contribution in [3.8, 4) is 5.75 Å². The van der Waals surface area contributed by atoms with E-state index in [2.05, 4.69) is 0 Å². The van der Waals surface area contributed by atoms with Crippen LogP contribution in [0.15, 0.2) is 12.1 Å². The van der Waals surface area contributed by atoms with Crippen molar-refractivity contribution in [1.82, 2.24) is 0 Å². The maximum atomic E-state index is 13.0. The molecule has 0 atom stereocenters. The minimum Gasteiger partial charge on any atom is -0.492 e. The third-order valence-electron chi connectivity index (χ3n) is 1.61. The van der Waals surface area contributed by atoms with Crippen LogP contribution in [-0.2, 0) is 6.61 Å². The first kappa shape index (κ1) is 10.3. The van der Waals surface area contributed by atoms with Gasteiger partial charge >= 0.3 is 0 Å². The summed E-state index contributed by atoms with van der Waals surface area (Å²) in [5.41, 5.74) is 0.0765. The highest BCUT2D eigenvalue weighted by atomic mass is 35.5. The lowest BCUT2D eigenvalue weighted by Gasteiger charge is -2.08. The van der Waals surface area contributed by atoms with E-state index in [-0.39, 0.29) is 10.6 Å². The first-order valence-corrected chi connectivity index (χ1v) is 4.29. The Kier molecular flexibility index (Phi) is 3.51. The summed E-state index contributed by atoms with van der Waals surface area (Å²) in [5, 5.41) is 8.95. The molecule has 0 unspecified atom stereocenters.